The molecule has 1 aliphatic rings. The minimum Gasteiger partial charge on any atom is -0.393 e. The summed E-state index contributed by atoms with van der Waals surface area (Å²) in [5, 5.41) is 11.7. The highest BCUT2D eigenvalue weighted by Crippen LogP contribution is 2.27. The highest BCUT2D eigenvalue weighted by Gasteiger charge is 2.28. The fourth-order valence-electron chi connectivity index (χ4n) is 1.88. The molecule has 0 aromatic rings. The van der Waals surface area contributed by atoms with Crippen LogP contribution in [0.15, 0.2) is 0 Å². The fraction of sp³-hybridized carbons (Fsp3) is 0.818. The molecule has 1 aliphatic carbocycles. The summed E-state index contributed by atoms with van der Waals surface area (Å²) in [4.78, 5) is 23.9. The van der Waals surface area contributed by atoms with Crippen molar-refractivity contribution in [3.05, 3.63) is 0 Å². The molecule has 0 spiro atoms. The summed E-state index contributed by atoms with van der Waals surface area (Å²) in [5.41, 5.74) is 0. The van der Waals surface area contributed by atoms with E-state index in [2.05, 4.69) is 5.32 Å². The minimum absolute atomic E-state index is 0.0372. The van der Waals surface area contributed by atoms with Crippen LogP contribution in [0.3, 0.4) is 0 Å². The van der Waals surface area contributed by atoms with Gasteiger partial charge in [0.1, 0.15) is 0 Å². The van der Waals surface area contributed by atoms with Gasteiger partial charge in [0.2, 0.25) is 11.8 Å². The zero-order chi connectivity index (χ0) is 12.1. The lowest BCUT2D eigenvalue weighted by Crippen LogP contribution is -2.40. The number of nitrogens with zero attached hydrogens (tertiary/aromatic N) is 1. The quantitative estimate of drug-likeness (QED) is 0.681. The molecule has 5 nitrogen and oxygen atoms in total. The van der Waals surface area contributed by atoms with E-state index in [1.54, 1.807) is 11.9 Å². The molecule has 5 heteroatoms. The van der Waals surface area contributed by atoms with Crippen molar-refractivity contribution < 1.29 is 14.7 Å². The Labute approximate surface area is 95.8 Å². The first-order chi connectivity index (χ1) is 7.49. The van der Waals surface area contributed by atoms with Crippen LogP contribution in [0.4, 0.5) is 0 Å². The van der Waals surface area contributed by atoms with E-state index >= 15 is 0 Å². The molecule has 0 aromatic carbocycles. The predicted octanol–water partition coefficient (Wildman–Crippen LogP) is -0.258. The first-order valence-corrected chi connectivity index (χ1v) is 5.65. The molecule has 2 N–H and O–H groups in total. The Morgan fingerprint density at radius 3 is 2.56 bits per heavy atom. The average Bonchev–Trinajstić information content (AvgIpc) is 2.14. The molecule has 0 unspecified atom stereocenters. The van der Waals surface area contributed by atoms with Crippen LogP contribution in [0.1, 0.15) is 26.2 Å². The maximum absolute atomic E-state index is 11.6. The van der Waals surface area contributed by atoms with E-state index in [1.807, 2.05) is 0 Å². The number of amides is 2. The van der Waals surface area contributed by atoms with Crippen LogP contribution in [0.2, 0.25) is 0 Å². The van der Waals surface area contributed by atoms with Crippen molar-refractivity contribution in [2.75, 3.05) is 20.1 Å². The standard InChI is InChI=1S/C11H20N2O3/c1-8(14)12-4-3-11(16)13(2)7-9-5-10(15)6-9/h9-10,15H,3-7H2,1-2H3,(H,12,14). The largest absolute Gasteiger partial charge is 0.393 e. The molecular formula is C11H20N2O3. The zero-order valence-electron chi connectivity index (χ0n) is 9.90. The monoisotopic (exact) mass is 228 g/mol. The minimum atomic E-state index is -0.173. The highest BCUT2D eigenvalue weighted by molar-refractivity contribution is 5.77. The van der Waals surface area contributed by atoms with Gasteiger partial charge in [-0.15, -0.1) is 0 Å². The number of hydrogen-bond donors (Lipinski definition) is 2. The first kappa shape index (κ1) is 13.0. The van der Waals surface area contributed by atoms with Gasteiger partial charge in [-0.2, -0.15) is 0 Å². The van der Waals surface area contributed by atoms with Gasteiger partial charge in [0.05, 0.1) is 6.10 Å². The number of rotatable bonds is 5. The van der Waals surface area contributed by atoms with Crippen molar-refractivity contribution in [3.8, 4) is 0 Å². The number of carbonyl (C=O) groups excluding carboxylic acids is 2. The first-order valence-electron chi connectivity index (χ1n) is 5.65. The molecule has 1 rings (SSSR count). The van der Waals surface area contributed by atoms with Crippen LogP contribution in [0.5, 0.6) is 0 Å². The Hall–Kier alpha value is -1.10. The molecule has 2 amide bonds. The number of aliphatic hydroxyl groups is 1. The second-order valence-corrected chi connectivity index (χ2v) is 4.50. The number of nitrogens with one attached hydrogen (secondary N) is 1. The van der Waals surface area contributed by atoms with Gasteiger partial charge in [-0.05, 0) is 18.8 Å². The van der Waals surface area contributed by atoms with Gasteiger partial charge < -0.3 is 15.3 Å². The van der Waals surface area contributed by atoms with Gasteiger partial charge in [0, 0.05) is 33.5 Å². The smallest absolute Gasteiger partial charge is 0.224 e. The molecule has 1 saturated carbocycles. The second kappa shape index (κ2) is 5.84. The van der Waals surface area contributed by atoms with Gasteiger partial charge in [-0.1, -0.05) is 0 Å². The summed E-state index contributed by atoms with van der Waals surface area (Å²) in [6.07, 6.45) is 1.76. The third-order valence-electron chi connectivity index (χ3n) is 2.88. The van der Waals surface area contributed by atoms with Crippen LogP contribution in [0, 0.1) is 5.92 Å². The van der Waals surface area contributed by atoms with Crippen LogP contribution in [-0.2, 0) is 9.59 Å². The highest BCUT2D eigenvalue weighted by atomic mass is 16.3. The summed E-state index contributed by atoms with van der Waals surface area (Å²) in [7, 11) is 1.76. The summed E-state index contributed by atoms with van der Waals surface area (Å²) >= 11 is 0. The van der Waals surface area contributed by atoms with E-state index in [0.29, 0.717) is 25.4 Å². The van der Waals surface area contributed by atoms with Gasteiger partial charge in [0.15, 0.2) is 0 Å². The van der Waals surface area contributed by atoms with Crippen molar-refractivity contribution in [2.45, 2.75) is 32.3 Å². The van der Waals surface area contributed by atoms with Crippen LogP contribution >= 0.6 is 0 Å². The van der Waals surface area contributed by atoms with Crippen molar-refractivity contribution in [2.24, 2.45) is 5.92 Å². The Kier molecular flexibility index (Phi) is 4.73. The number of aliphatic hydroxyl groups excluding tert-OH is 1. The molecule has 0 aromatic heterocycles. The van der Waals surface area contributed by atoms with Crippen molar-refractivity contribution in [3.63, 3.8) is 0 Å². The lowest BCUT2D eigenvalue weighted by molar-refractivity contribution is -0.131. The van der Waals surface area contributed by atoms with Gasteiger partial charge >= 0.3 is 0 Å². The summed E-state index contributed by atoms with van der Waals surface area (Å²) in [6.45, 7) is 2.53. The summed E-state index contributed by atoms with van der Waals surface area (Å²) in [6, 6.07) is 0. The van der Waals surface area contributed by atoms with E-state index < -0.39 is 0 Å². The zero-order valence-corrected chi connectivity index (χ0v) is 9.90. The van der Waals surface area contributed by atoms with Crippen LogP contribution < -0.4 is 5.32 Å². The Morgan fingerprint density at radius 2 is 2.06 bits per heavy atom. The third-order valence-corrected chi connectivity index (χ3v) is 2.88. The van der Waals surface area contributed by atoms with E-state index in [0.717, 1.165) is 12.8 Å². The molecule has 0 bridgehead atoms. The van der Waals surface area contributed by atoms with Crippen molar-refractivity contribution >= 4 is 11.8 Å². The predicted molar refractivity (Wildman–Crippen MR) is 59.7 cm³/mol. The van der Waals surface area contributed by atoms with Gasteiger partial charge in [0.25, 0.3) is 0 Å². The van der Waals surface area contributed by atoms with Crippen LogP contribution in [0.25, 0.3) is 0 Å². The third kappa shape index (κ3) is 4.18. The van der Waals surface area contributed by atoms with Crippen LogP contribution in [-0.4, -0.2) is 48.1 Å². The Morgan fingerprint density at radius 1 is 1.44 bits per heavy atom. The lowest BCUT2D eigenvalue weighted by atomic mass is 9.82. The van der Waals surface area contributed by atoms with Gasteiger partial charge in [-0.25, -0.2) is 0 Å². The van der Waals surface area contributed by atoms with E-state index in [1.165, 1.54) is 6.92 Å². The summed E-state index contributed by atoms with van der Waals surface area (Å²) in [5.74, 6) is 0.359. The molecule has 16 heavy (non-hydrogen) atoms. The van der Waals surface area contributed by atoms with E-state index in [9.17, 15) is 9.59 Å². The molecular weight excluding hydrogens is 208 g/mol. The fourth-order valence-corrected chi connectivity index (χ4v) is 1.88. The van der Waals surface area contributed by atoms with E-state index in [4.69, 9.17) is 5.11 Å². The lowest BCUT2D eigenvalue weighted by Gasteiger charge is -2.34. The topological polar surface area (TPSA) is 69.6 Å². The molecule has 0 aliphatic heterocycles. The Bertz CT molecular complexity index is 262. The molecule has 0 radical (unpaired) electrons. The molecule has 0 atom stereocenters. The number of carbonyl (C=O) groups is 2. The summed E-state index contributed by atoms with van der Waals surface area (Å²) < 4.78 is 0. The molecule has 0 heterocycles. The average molecular weight is 228 g/mol. The maximum Gasteiger partial charge on any atom is 0.224 e. The second-order valence-electron chi connectivity index (χ2n) is 4.50. The van der Waals surface area contributed by atoms with Gasteiger partial charge in [-0.3, -0.25) is 9.59 Å². The normalized spacial score (nSPS) is 23.4. The Balaban J connectivity index is 2.13. The number of hydrogen-bond acceptors (Lipinski definition) is 3. The SMILES string of the molecule is CC(=O)NCCC(=O)N(C)CC1CC(O)C1. The molecule has 92 valence electrons. The van der Waals surface area contributed by atoms with Crippen molar-refractivity contribution in [1.29, 1.82) is 0 Å². The maximum atomic E-state index is 11.6. The molecule has 0 saturated heterocycles. The molecule has 1 fully saturated rings. The van der Waals surface area contributed by atoms with Crippen molar-refractivity contribution in [1.82, 2.24) is 10.2 Å². The van der Waals surface area contributed by atoms with E-state index in [-0.39, 0.29) is 17.9 Å².